The number of piperidine rings is 1. The zero-order chi connectivity index (χ0) is 13.0. The summed E-state index contributed by atoms with van der Waals surface area (Å²) >= 11 is 3.54. The number of benzene rings is 1. The van der Waals surface area contributed by atoms with Gasteiger partial charge in [-0.15, -0.1) is 0 Å². The van der Waals surface area contributed by atoms with Crippen LogP contribution in [0.1, 0.15) is 25.7 Å². The van der Waals surface area contributed by atoms with E-state index in [1.807, 2.05) is 6.07 Å². The van der Waals surface area contributed by atoms with Crippen LogP contribution in [0, 0.1) is 5.41 Å². The molecule has 0 amide bonds. The van der Waals surface area contributed by atoms with E-state index in [2.05, 4.69) is 32.1 Å². The Morgan fingerprint density at radius 1 is 1.21 bits per heavy atom. The van der Waals surface area contributed by atoms with Crippen molar-refractivity contribution < 1.29 is 4.52 Å². The minimum absolute atomic E-state index is 0.490. The van der Waals surface area contributed by atoms with Gasteiger partial charge in [-0.05, 0) is 43.2 Å². The summed E-state index contributed by atoms with van der Waals surface area (Å²) < 4.78 is 6.29. The van der Waals surface area contributed by atoms with Crippen LogP contribution in [0.4, 0.5) is 11.5 Å². The second kappa shape index (κ2) is 3.88. The number of hydrogen-bond acceptors (Lipinski definition) is 4. The summed E-state index contributed by atoms with van der Waals surface area (Å²) in [5.41, 5.74) is 8.54. The van der Waals surface area contributed by atoms with Crippen LogP contribution >= 0.6 is 15.9 Å². The molecule has 0 atom stereocenters. The Labute approximate surface area is 120 Å². The van der Waals surface area contributed by atoms with E-state index in [-0.39, 0.29) is 0 Å². The van der Waals surface area contributed by atoms with E-state index in [1.54, 1.807) is 0 Å². The average Bonchev–Trinajstić information content (AvgIpc) is 3.05. The Hall–Kier alpha value is -1.23. The molecule has 19 heavy (non-hydrogen) atoms. The monoisotopic (exact) mass is 321 g/mol. The molecule has 1 spiro atoms. The van der Waals surface area contributed by atoms with Crippen molar-refractivity contribution in [3.05, 3.63) is 16.6 Å². The molecule has 4 rings (SSSR count). The summed E-state index contributed by atoms with van der Waals surface area (Å²) in [5.74, 6) is 0.490. The van der Waals surface area contributed by atoms with Crippen LogP contribution in [0.3, 0.4) is 0 Å². The standard InChI is InChI=1S/C14H16BrN3O/c15-9-7-10(12-11(8-9)19-17-13(12)16)18-5-3-14(1-2-14)4-6-18/h7-8H,1-6H2,(H2,16,17). The molecule has 2 N–H and O–H groups in total. The fourth-order valence-corrected chi connectivity index (χ4v) is 3.61. The number of nitrogen functional groups attached to an aromatic ring is 1. The van der Waals surface area contributed by atoms with Crippen molar-refractivity contribution in [2.75, 3.05) is 23.7 Å². The first-order valence-corrected chi connectivity index (χ1v) is 7.56. The van der Waals surface area contributed by atoms with Gasteiger partial charge in [-0.25, -0.2) is 0 Å². The third kappa shape index (κ3) is 1.83. The Morgan fingerprint density at radius 3 is 2.63 bits per heavy atom. The van der Waals surface area contributed by atoms with Crippen LogP contribution < -0.4 is 10.6 Å². The first-order chi connectivity index (χ1) is 9.17. The minimum atomic E-state index is 0.490. The second-order valence-corrected chi connectivity index (χ2v) is 6.77. The lowest BCUT2D eigenvalue weighted by molar-refractivity contribution is 0.385. The number of nitrogens with zero attached hydrogens (tertiary/aromatic N) is 2. The number of nitrogens with two attached hydrogens (primary N) is 1. The van der Waals surface area contributed by atoms with Gasteiger partial charge >= 0.3 is 0 Å². The van der Waals surface area contributed by atoms with Crippen molar-refractivity contribution in [2.45, 2.75) is 25.7 Å². The van der Waals surface area contributed by atoms with Gasteiger partial charge < -0.3 is 15.2 Å². The van der Waals surface area contributed by atoms with Gasteiger partial charge in [-0.1, -0.05) is 21.1 Å². The zero-order valence-corrected chi connectivity index (χ0v) is 12.2. The summed E-state index contributed by atoms with van der Waals surface area (Å²) in [7, 11) is 0. The number of hydrogen-bond donors (Lipinski definition) is 1. The minimum Gasteiger partial charge on any atom is -0.380 e. The van der Waals surface area contributed by atoms with Crippen LogP contribution in [0.25, 0.3) is 11.0 Å². The van der Waals surface area contributed by atoms with Crippen molar-refractivity contribution in [3.8, 4) is 0 Å². The van der Waals surface area contributed by atoms with Crippen molar-refractivity contribution in [3.63, 3.8) is 0 Å². The maximum Gasteiger partial charge on any atom is 0.176 e. The third-order valence-electron chi connectivity index (χ3n) is 4.67. The zero-order valence-electron chi connectivity index (χ0n) is 10.7. The molecule has 5 heteroatoms. The largest absolute Gasteiger partial charge is 0.380 e. The molecule has 1 aliphatic carbocycles. The normalized spacial score (nSPS) is 21.2. The van der Waals surface area contributed by atoms with Gasteiger partial charge in [-0.2, -0.15) is 0 Å². The third-order valence-corrected chi connectivity index (χ3v) is 5.12. The Balaban J connectivity index is 1.75. The predicted octanol–water partition coefficient (Wildman–Crippen LogP) is 3.55. The molecule has 2 fully saturated rings. The van der Waals surface area contributed by atoms with Gasteiger partial charge in [0.15, 0.2) is 11.4 Å². The van der Waals surface area contributed by atoms with E-state index in [0.29, 0.717) is 11.2 Å². The molecule has 2 aliphatic rings. The van der Waals surface area contributed by atoms with E-state index in [4.69, 9.17) is 10.3 Å². The summed E-state index contributed by atoms with van der Waals surface area (Å²) in [5, 5.41) is 4.84. The molecule has 1 aliphatic heterocycles. The predicted molar refractivity (Wildman–Crippen MR) is 79.2 cm³/mol. The molecular formula is C14H16BrN3O. The second-order valence-electron chi connectivity index (χ2n) is 5.85. The number of halogens is 1. The molecule has 2 aromatic rings. The lowest BCUT2D eigenvalue weighted by atomic mass is 9.93. The van der Waals surface area contributed by atoms with Crippen molar-refractivity contribution >= 4 is 38.4 Å². The smallest absolute Gasteiger partial charge is 0.176 e. The number of anilines is 2. The SMILES string of the molecule is Nc1noc2cc(Br)cc(N3CCC4(CC3)CC4)c12. The van der Waals surface area contributed by atoms with Crippen LogP contribution in [0.15, 0.2) is 21.1 Å². The molecule has 4 nitrogen and oxygen atoms in total. The van der Waals surface area contributed by atoms with Crippen LogP contribution in [0.2, 0.25) is 0 Å². The van der Waals surface area contributed by atoms with Crippen molar-refractivity contribution in [1.29, 1.82) is 0 Å². The lowest BCUT2D eigenvalue weighted by Crippen LogP contribution is -2.34. The van der Waals surface area contributed by atoms with Crippen molar-refractivity contribution in [1.82, 2.24) is 5.16 Å². The fourth-order valence-electron chi connectivity index (χ4n) is 3.19. The first-order valence-electron chi connectivity index (χ1n) is 6.76. The molecule has 0 bridgehead atoms. The van der Waals surface area contributed by atoms with Gasteiger partial charge in [-0.3, -0.25) is 0 Å². The fraction of sp³-hybridized carbons (Fsp3) is 0.500. The molecular weight excluding hydrogens is 306 g/mol. The molecule has 1 aromatic carbocycles. The summed E-state index contributed by atoms with van der Waals surface area (Å²) in [6, 6.07) is 4.05. The van der Waals surface area contributed by atoms with Crippen LogP contribution in [-0.4, -0.2) is 18.2 Å². The number of aromatic nitrogens is 1. The highest BCUT2D eigenvalue weighted by Crippen LogP contribution is 2.54. The van der Waals surface area contributed by atoms with Gasteiger partial charge in [0, 0.05) is 17.6 Å². The van der Waals surface area contributed by atoms with E-state index >= 15 is 0 Å². The summed E-state index contributed by atoms with van der Waals surface area (Å²) in [6.07, 6.45) is 5.44. The summed E-state index contributed by atoms with van der Waals surface area (Å²) in [6.45, 7) is 2.21. The van der Waals surface area contributed by atoms with Crippen LogP contribution in [-0.2, 0) is 0 Å². The average molecular weight is 322 g/mol. The van der Waals surface area contributed by atoms with E-state index in [9.17, 15) is 0 Å². The maximum atomic E-state index is 5.95. The highest BCUT2D eigenvalue weighted by molar-refractivity contribution is 9.10. The van der Waals surface area contributed by atoms with Gasteiger partial charge in [0.05, 0.1) is 11.1 Å². The van der Waals surface area contributed by atoms with E-state index in [0.717, 1.165) is 34.2 Å². The molecule has 0 unspecified atom stereocenters. The number of fused-ring (bicyclic) bond motifs is 1. The summed E-state index contributed by atoms with van der Waals surface area (Å²) in [4.78, 5) is 2.42. The molecule has 0 radical (unpaired) electrons. The maximum absolute atomic E-state index is 5.95. The highest BCUT2D eigenvalue weighted by atomic mass is 79.9. The van der Waals surface area contributed by atoms with E-state index < -0.39 is 0 Å². The Bertz CT molecular complexity index is 637. The van der Waals surface area contributed by atoms with Gasteiger partial charge in [0.2, 0.25) is 0 Å². The van der Waals surface area contributed by atoms with E-state index in [1.165, 1.54) is 25.7 Å². The number of rotatable bonds is 1. The highest BCUT2D eigenvalue weighted by Gasteiger charge is 2.44. The van der Waals surface area contributed by atoms with Crippen molar-refractivity contribution in [2.24, 2.45) is 5.41 Å². The topological polar surface area (TPSA) is 55.3 Å². The Kier molecular flexibility index (Phi) is 2.37. The lowest BCUT2D eigenvalue weighted by Gasteiger charge is -2.34. The quantitative estimate of drug-likeness (QED) is 0.872. The van der Waals surface area contributed by atoms with Gasteiger partial charge in [0.1, 0.15) is 0 Å². The first kappa shape index (κ1) is 11.6. The molecule has 1 aromatic heterocycles. The van der Waals surface area contributed by atoms with Crippen LogP contribution in [0.5, 0.6) is 0 Å². The van der Waals surface area contributed by atoms with Gasteiger partial charge in [0.25, 0.3) is 0 Å². The molecule has 100 valence electrons. The Morgan fingerprint density at radius 2 is 1.95 bits per heavy atom. The molecule has 1 saturated heterocycles. The molecule has 1 saturated carbocycles. The molecule has 2 heterocycles.